The monoisotopic (exact) mass is 264 g/mol. The Morgan fingerprint density at radius 3 is 2.26 bits per heavy atom. The van der Waals surface area contributed by atoms with Gasteiger partial charge < -0.3 is 14.9 Å². The lowest BCUT2D eigenvalue weighted by Gasteiger charge is -2.35. The first kappa shape index (κ1) is 14.5. The van der Waals surface area contributed by atoms with E-state index in [0.717, 1.165) is 18.4 Å². The molecule has 1 aromatic rings. The lowest BCUT2D eigenvalue weighted by atomic mass is 9.76. The fourth-order valence-corrected chi connectivity index (χ4v) is 3.00. The van der Waals surface area contributed by atoms with Crippen LogP contribution in [0, 0.1) is 11.3 Å². The third-order valence-corrected chi connectivity index (χ3v) is 4.35. The van der Waals surface area contributed by atoms with Crippen LogP contribution in [0.3, 0.4) is 0 Å². The van der Waals surface area contributed by atoms with Crippen LogP contribution in [0.15, 0.2) is 30.3 Å². The van der Waals surface area contributed by atoms with Crippen LogP contribution in [0.5, 0.6) is 0 Å². The molecule has 2 N–H and O–H groups in total. The van der Waals surface area contributed by atoms with E-state index in [9.17, 15) is 10.2 Å². The third-order valence-electron chi connectivity index (χ3n) is 4.35. The highest BCUT2D eigenvalue weighted by atomic mass is 16.5. The molecular weight excluding hydrogens is 240 g/mol. The maximum absolute atomic E-state index is 9.69. The summed E-state index contributed by atoms with van der Waals surface area (Å²) in [5.74, 6) is 0.387. The highest BCUT2D eigenvalue weighted by Crippen LogP contribution is 2.40. The average Bonchev–Trinajstić information content (AvgIpc) is 3.00. The molecule has 0 aromatic heterocycles. The number of benzene rings is 1. The van der Waals surface area contributed by atoms with Crippen molar-refractivity contribution in [2.75, 3.05) is 19.8 Å². The van der Waals surface area contributed by atoms with Crippen LogP contribution < -0.4 is 0 Å². The lowest BCUT2D eigenvalue weighted by Crippen LogP contribution is -2.41. The van der Waals surface area contributed by atoms with E-state index >= 15 is 0 Å². The number of aliphatic hydroxyl groups excluding tert-OH is 2. The van der Waals surface area contributed by atoms with Gasteiger partial charge in [-0.15, -0.1) is 0 Å². The molecule has 19 heavy (non-hydrogen) atoms. The fourth-order valence-electron chi connectivity index (χ4n) is 3.00. The van der Waals surface area contributed by atoms with E-state index in [1.54, 1.807) is 0 Å². The second-order valence-electron chi connectivity index (χ2n) is 5.64. The van der Waals surface area contributed by atoms with Crippen molar-refractivity contribution in [2.45, 2.75) is 32.3 Å². The highest BCUT2D eigenvalue weighted by Gasteiger charge is 2.39. The van der Waals surface area contributed by atoms with Crippen LogP contribution in [0.4, 0.5) is 0 Å². The van der Waals surface area contributed by atoms with Gasteiger partial charge in [0.1, 0.15) is 0 Å². The van der Waals surface area contributed by atoms with Gasteiger partial charge in [0.05, 0.1) is 26.4 Å². The summed E-state index contributed by atoms with van der Waals surface area (Å²) in [5, 5.41) is 19.4. The molecule has 0 amide bonds. The molecule has 1 aromatic carbocycles. The molecule has 0 heterocycles. The van der Waals surface area contributed by atoms with Crippen molar-refractivity contribution in [3.8, 4) is 0 Å². The Kier molecular flexibility index (Phi) is 5.37. The van der Waals surface area contributed by atoms with Crippen LogP contribution in [-0.4, -0.2) is 30.0 Å². The summed E-state index contributed by atoms with van der Waals surface area (Å²) in [6.45, 7) is 0.973. The summed E-state index contributed by atoms with van der Waals surface area (Å²) in [6.07, 6.45) is 4.59. The molecule has 0 aliphatic heterocycles. The summed E-state index contributed by atoms with van der Waals surface area (Å²) < 4.78 is 5.76. The molecule has 0 saturated heterocycles. The van der Waals surface area contributed by atoms with Crippen molar-refractivity contribution in [2.24, 2.45) is 11.3 Å². The van der Waals surface area contributed by atoms with E-state index in [2.05, 4.69) is 0 Å². The summed E-state index contributed by atoms with van der Waals surface area (Å²) in [4.78, 5) is 0. The minimum absolute atomic E-state index is 0.00293. The van der Waals surface area contributed by atoms with Crippen molar-refractivity contribution in [1.29, 1.82) is 0 Å². The molecule has 0 radical (unpaired) electrons. The molecule has 3 heteroatoms. The molecule has 0 spiro atoms. The van der Waals surface area contributed by atoms with Crippen LogP contribution in [0.2, 0.25) is 0 Å². The molecule has 0 bridgehead atoms. The van der Waals surface area contributed by atoms with E-state index in [4.69, 9.17) is 4.74 Å². The normalized spacial score (nSPS) is 16.9. The quantitative estimate of drug-likeness (QED) is 0.795. The van der Waals surface area contributed by atoms with E-state index < -0.39 is 5.41 Å². The zero-order valence-corrected chi connectivity index (χ0v) is 11.4. The number of rotatable bonds is 7. The van der Waals surface area contributed by atoms with Crippen molar-refractivity contribution in [1.82, 2.24) is 0 Å². The van der Waals surface area contributed by atoms with E-state index in [1.807, 2.05) is 30.3 Å². The number of hydrogen-bond donors (Lipinski definition) is 2. The predicted octanol–water partition coefficient (Wildman–Crippen LogP) is 2.36. The zero-order valence-electron chi connectivity index (χ0n) is 11.4. The lowest BCUT2D eigenvalue weighted by molar-refractivity contribution is -0.0671. The molecule has 1 saturated carbocycles. The third kappa shape index (κ3) is 3.56. The van der Waals surface area contributed by atoms with Gasteiger partial charge in [0.2, 0.25) is 0 Å². The van der Waals surface area contributed by atoms with Crippen molar-refractivity contribution in [3.05, 3.63) is 35.9 Å². The maximum Gasteiger partial charge on any atom is 0.0717 e. The minimum Gasteiger partial charge on any atom is -0.396 e. The van der Waals surface area contributed by atoms with Crippen molar-refractivity contribution in [3.63, 3.8) is 0 Å². The molecule has 2 rings (SSSR count). The van der Waals surface area contributed by atoms with E-state index in [1.165, 1.54) is 12.8 Å². The number of aliphatic hydroxyl groups is 2. The molecule has 1 aliphatic rings. The highest BCUT2D eigenvalue weighted by molar-refractivity contribution is 5.13. The van der Waals surface area contributed by atoms with Gasteiger partial charge in [-0.1, -0.05) is 43.2 Å². The van der Waals surface area contributed by atoms with Crippen molar-refractivity contribution >= 4 is 0 Å². The van der Waals surface area contributed by atoms with Gasteiger partial charge >= 0.3 is 0 Å². The van der Waals surface area contributed by atoms with Crippen molar-refractivity contribution < 1.29 is 14.9 Å². The summed E-state index contributed by atoms with van der Waals surface area (Å²) in [6, 6.07) is 10.0. The first-order valence-corrected chi connectivity index (χ1v) is 7.14. The molecule has 0 atom stereocenters. The molecule has 1 aliphatic carbocycles. The Morgan fingerprint density at radius 2 is 1.68 bits per heavy atom. The number of ether oxygens (including phenoxy) is 1. The van der Waals surface area contributed by atoms with Gasteiger partial charge in [0.25, 0.3) is 0 Å². The molecule has 106 valence electrons. The van der Waals surface area contributed by atoms with Gasteiger partial charge in [-0.05, 0) is 24.3 Å². The Labute approximate surface area is 115 Å². The van der Waals surface area contributed by atoms with E-state index in [0.29, 0.717) is 19.1 Å². The Balaban J connectivity index is 1.89. The van der Waals surface area contributed by atoms with Crippen LogP contribution in [0.1, 0.15) is 31.2 Å². The van der Waals surface area contributed by atoms with Gasteiger partial charge in [-0.25, -0.2) is 0 Å². The summed E-state index contributed by atoms with van der Waals surface area (Å²) in [7, 11) is 0. The van der Waals surface area contributed by atoms with Gasteiger partial charge in [0.15, 0.2) is 0 Å². The Hall–Kier alpha value is -0.900. The van der Waals surface area contributed by atoms with Crippen LogP contribution in [-0.2, 0) is 11.3 Å². The molecule has 1 fully saturated rings. The Morgan fingerprint density at radius 1 is 1.05 bits per heavy atom. The van der Waals surface area contributed by atoms with Gasteiger partial charge in [-0.2, -0.15) is 0 Å². The smallest absolute Gasteiger partial charge is 0.0717 e. The van der Waals surface area contributed by atoms with Crippen LogP contribution in [0.25, 0.3) is 0 Å². The number of hydrogen-bond acceptors (Lipinski definition) is 3. The second kappa shape index (κ2) is 7.04. The SMILES string of the molecule is OCC(CO)(COCc1ccccc1)C1CCCC1. The van der Waals surface area contributed by atoms with Crippen LogP contribution >= 0.6 is 0 Å². The van der Waals surface area contributed by atoms with Gasteiger partial charge in [-0.3, -0.25) is 0 Å². The first-order valence-electron chi connectivity index (χ1n) is 7.14. The average molecular weight is 264 g/mol. The molecular formula is C16H24O3. The first-order chi connectivity index (χ1) is 9.30. The Bertz CT molecular complexity index is 354. The molecule has 0 unspecified atom stereocenters. The zero-order chi connectivity index (χ0) is 13.6. The minimum atomic E-state index is -0.467. The predicted molar refractivity (Wildman–Crippen MR) is 74.7 cm³/mol. The standard InChI is InChI=1S/C16H24O3/c17-11-16(12-18,15-8-4-5-9-15)13-19-10-14-6-2-1-3-7-14/h1-3,6-7,15,17-18H,4-5,8-13H2. The summed E-state index contributed by atoms with van der Waals surface area (Å²) in [5.41, 5.74) is 0.657. The molecule has 3 nitrogen and oxygen atoms in total. The topological polar surface area (TPSA) is 49.7 Å². The second-order valence-corrected chi connectivity index (χ2v) is 5.64. The van der Waals surface area contributed by atoms with Gasteiger partial charge in [0, 0.05) is 5.41 Å². The summed E-state index contributed by atoms with van der Waals surface area (Å²) >= 11 is 0. The fraction of sp³-hybridized carbons (Fsp3) is 0.625. The van der Waals surface area contributed by atoms with E-state index in [-0.39, 0.29) is 13.2 Å². The largest absolute Gasteiger partial charge is 0.396 e. The maximum atomic E-state index is 9.69.